The summed E-state index contributed by atoms with van der Waals surface area (Å²) in [5.41, 5.74) is 0.964. The molecule has 0 unspecified atom stereocenters. The first-order chi connectivity index (χ1) is 11.1. The number of rotatable bonds is 4. The highest BCUT2D eigenvalue weighted by Crippen LogP contribution is 2.18. The molecule has 1 saturated heterocycles. The molecule has 2 aromatic rings. The van der Waals surface area contributed by atoms with Crippen molar-refractivity contribution in [1.82, 2.24) is 25.6 Å². The normalized spacial score (nSPS) is 14.9. The third-order valence-electron chi connectivity index (χ3n) is 3.86. The summed E-state index contributed by atoms with van der Waals surface area (Å²) in [5, 5.41) is 14.0. The lowest BCUT2D eigenvalue weighted by atomic mass is 10.1. The number of benzene rings is 1. The van der Waals surface area contributed by atoms with Crippen molar-refractivity contribution in [3.63, 3.8) is 0 Å². The molecule has 1 amide bonds. The van der Waals surface area contributed by atoms with Crippen LogP contribution in [0.4, 0.5) is 4.39 Å². The molecule has 3 rings (SSSR count). The molecule has 9 heteroatoms. The van der Waals surface area contributed by atoms with Crippen LogP contribution in [-0.2, 0) is 6.54 Å². The monoisotopic (exact) mass is 417 g/mol. The van der Waals surface area contributed by atoms with Crippen molar-refractivity contribution >= 4 is 34.2 Å². The van der Waals surface area contributed by atoms with Crippen molar-refractivity contribution in [3.05, 3.63) is 45.9 Å². The van der Waals surface area contributed by atoms with E-state index in [1.54, 1.807) is 23.0 Å². The predicted octanol–water partition coefficient (Wildman–Crippen LogP) is 2.46. The number of hydrogen-bond acceptors (Lipinski definition) is 4. The number of halogens is 3. The number of piperidine rings is 1. The maximum atomic E-state index is 13.4. The fourth-order valence-corrected chi connectivity index (χ4v) is 2.80. The standard InChI is InChI=1S/C15H17BrFN5O.ClH/c16-12-2-1-10(7-13(12)17)8-19-15(23)14-9-22(21-20-14)11-3-5-18-6-4-11;/h1-2,7,9,11,18H,3-6,8H2,(H,19,23);1H. The highest BCUT2D eigenvalue weighted by molar-refractivity contribution is 9.10. The molecule has 2 N–H and O–H groups in total. The first kappa shape index (κ1) is 18.8. The number of aromatic nitrogens is 3. The van der Waals surface area contributed by atoms with Gasteiger partial charge in [-0.1, -0.05) is 11.3 Å². The third kappa shape index (κ3) is 4.52. The van der Waals surface area contributed by atoms with Gasteiger partial charge in [0, 0.05) is 6.54 Å². The molecule has 24 heavy (non-hydrogen) atoms. The Morgan fingerprint density at radius 1 is 1.42 bits per heavy atom. The van der Waals surface area contributed by atoms with E-state index >= 15 is 0 Å². The van der Waals surface area contributed by atoms with Crippen molar-refractivity contribution in [3.8, 4) is 0 Å². The van der Waals surface area contributed by atoms with Crippen LogP contribution in [-0.4, -0.2) is 34.0 Å². The fraction of sp³-hybridized carbons (Fsp3) is 0.400. The van der Waals surface area contributed by atoms with E-state index in [0.717, 1.165) is 25.9 Å². The minimum absolute atomic E-state index is 0. The Morgan fingerprint density at radius 2 is 2.17 bits per heavy atom. The molecule has 2 heterocycles. The van der Waals surface area contributed by atoms with Crippen molar-refractivity contribution in [2.24, 2.45) is 0 Å². The molecule has 6 nitrogen and oxygen atoms in total. The Hall–Kier alpha value is -1.51. The number of carbonyl (C=O) groups excluding carboxylic acids is 1. The molecule has 0 atom stereocenters. The molecule has 0 radical (unpaired) electrons. The topological polar surface area (TPSA) is 71.8 Å². The zero-order valence-electron chi connectivity index (χ0n) is 12.8. The Labute approximate surface area is 153 Å². The van der Waals surface area contributed by atoms with E-state index in [-0.39, 0.29) is 42.4 Å². The van der Waals surface area contributed by atoms with Gasteiger partial charge in [0.05, 0.1) is 16.7 Å². The average molecular weight is 419 g/mol. The van der Waals surface area contributed by atoms with Gasteiger partial charge in [0.1, 0.15) is 5.82 Å². The van der Waals surface area contributed by atoms with Gasteiger partial charge in [-0.3, -0.25) is 4.79 Å². The van der Waals surface area contributed by atoms with Gasteiger partial charge in [0.2, 0.25) is 0 Å². The summed E-state index contributed by atoms with van der Waals surface area (Å²) < 4.78 is 15.6. The van der Waals surface area contributed by atoms with E-state index in [2.05, 4.69) is 36.9 Å². The van der Waals surface area contributed by atoms with E-state index in [4.69, 9.17) is 0 Å². The fourth-order valence-electron chi connectivity index (χ4n) is 2.55. The summed E-state index contributed by atoms with van der Waals surface area (Å²) >= 11 is 3.10. The molecule has 1 aliphatic heterocycles. The first-order valence-corrected chi connectivity index (χ1v) is 8.27. The van der Waals surface area contributed by atoms with Crippen LogP contribution in [0, 0.1) is 5.82 Å². The van der Waals surface area contributed by atoms with Crippen LogP contribution >= 0.6 is 28.3 Å². The van der Waals surface area contributed by atoms with Gasteiger partial charge in [0.25, 0.3) is 5.91 Å². The van der Waals surface area contributed by atoms with Crippen molar-refractivity contribution in [2.45, 2.75) is 25.4 Å². The van der Waals surface area contributed by atoms with E-state index in [0.29, 0.717) is 10.0 Å². The van der Waals surface area contributed by atoms with Gasteiger partial charge in [-0.15, -0.1) is 17.5 Å². The summed E-state index contributed by atoms with van der Waals surface area (Å²) in [5.74, 6) is -0.665. The number of nitrogens with zero attached hydrogens (tertiary/aromatic N) is 3. The lowest BCUT2D eigenvalue weighted by Crippen LogP contribution is -2.29. The van der Waals surface area contributed by atoms with Crippen molar-refractivity contribution < 1.29 is 9.18 Å². The number of nitrogens with one attached hydrogen (secondary N) is 2. The van der Waals surface area contributed by atoms with Gasteiger partial charge < -0.3 is 10.6 Å². The summed E-state index contributed by atoms with van der Waals surface area (Å²) in [6.07, 6.45) is 3.62. The van der Waals surface area contributed by atoms with Gasteiger partial charge in [-0.25, -0.2) is 9.07 Å². The lowest BCUT2D eigenvalue weighted by Gasteiger charge is -2.22. The van der Waals surface area contributed by atoms with Crippen molar-refractivity contribution in [1.29, 1.82) is 0 Å². The molecular formula is C15H18BrClFN5O. The molecule has 1 aromatic carbocycles. The highest BCUT2D eigenvalue weighted by atomic mass is 79.9. The first-order valence-electron chi connectivity index (χ1n) is 7.48. The molecule has 1 aliphatic rings. The van der Waals surface area contributed by atoms with Crippen LogP contribution in [0.1, 0.15) is 34.9 Å². The summed E-state index contributed by atoms with van der Waals surface area (Å²) in [6, 6.07) is 5.03. The SMILES string of the molecule is Cl.O=C(NCc1ccc(Br)c(F)c1)c1cn(C2CCNCC2)nn1. The zero-order chi connectivity index (χ0) is 16.2. The quantitative estimate of drug-likeness (QED) is 0.800. The van der Waals surface area contributed by atoms with E-state index in [1.807, 2.05) is 0 Å². The zero-order valence-corrected chi connectivity index (χ0v) is 15.2. The third-order valence-corrected chi connectivity index (χ3v) is 4.51. The molecule has 0 aliphatic carbocycles. The minimum atomic E-state index is -0.353. The Kier molecular flexibility index (Phi) is 6.70. The van der Waals surface area contributed by atoms with Crippen LogP contribution in [0.25, 0.3) is 0 Å². The molecule has 1 fully saturated rings. The molecule has 130 valence electrons. The van der Waals surface area contributed by atoms with Crippen LogP contribution in [0.2, 0.25) is 0 Å². The molecule has 0 bridgehead atoms. The molecular weight excluding hydrogens is 401 g/mol. The predicted molar refractivity (Wildman–Crippen MR) is 93.7 cm³/mol. The summed E-state index contributed by atoms with van der Waals surface area (Å²) in [7, 11) is 0. The number of hydrogen-bond donors (Lipinski definition) is 2. The number of amides is 1. The maximum Gasteiger partial charge on any atom is 0.273 e. The van der Waals surface area contributed by atoms with E-state index < -0.39 is 0 Å². The maximum absolute atomic E-state index is 13.4. The van der Waals surface area contributed by atoms with Gasteiger partial charge >= 0.3 is 0 Å². The highest BCUT2D eigenvalue weighted by Gasteiger charge is 2.18. The van der Waals surface area contributed by atoms with Gasteiger partial charge in [-0.05, 0) is 59.6 Å². The van der Waals surface area contributed by atoms with Crippen LogP contribution in [0.5, 0.6) is 0 Å². The second kappa shape index (κ2) is 8.55. The summed E-state index contributed by atoms with van der Waals surface area (Å²) in [4.78, 5) is 12.1. The van der Waals surface area contributed by atoms with E-state index in [1.165, 1.54) is 6.07 Å². The Balaban J connectivity index is 0.00000208. The minimum Gasteiger partial charge on any atom is -0.347 e. The average Bonchev–Trinajstić information content (AvgIpc) is 3.06. The lowest BCUT2D eigenvalue weighted by molar-refractivity contribution is 0.0945. The van der Waals surface area contributed by atoms with Crippen LogP contribution < -0.4 is 10.6 Å². The van der Waals surface area contributed by atoms with Crippen LogP contribution in [0.15, 0.2) is 28.9 Å². The van der Waals surface area contributed by atoms with Gasteiger partial charge in [0.15, 0.2) is 5.69 Å². The van der Waals surface area contributed by atoms with Crippen LogP contribution in [0.3, 0.4) is 0 Å². The molecule has 0 spiro atoms. The smallest absolute Gasteiger partial charge is 0.273 e. The van der Waals surface area contributed by atoms with Gasteiger partial charge in [-0.2, -0.15) is 0 Å². The second-order valence-electron chi connectivity index (χ2n) is 5.50. The van der Waals surface area contributed by atoms with E-state index in [9.17, 15) is 9.18 Å². The van der Waals surface area contributed by atoms with Crippen molar-refractivity contribution in [2.75, 3.05) is 13.1 Å². The largest absolute Gasteiger partial charge is 0.347 e. The molecule has 1 aromatic heterocycles. The number of carbonyl (C=O) groups is 1. The summed E-state index contributed by atoms with van der Waals surface area (Å²) in [6.45, 7) is 2.13. The Bertz CT molecular complexity index is 705. The Morgan fingerprint density at radius 3 is 2.88 bits per heavy atom. The molecule has 0 saturated carbocycles. The second-order valence-corrected chi connectivity index (χ2v) is 6.35.